The molecular weight excluding hydrogens is 331 g/mol. The van der Waals surface area contributed by atoms with Crippen LogP contribution in [0.2, 0.25) is 0 Å². The fourth-order valence-corrected chi connectivity index (χ4v) is 3.57. The van der Waals surface area contributed by atoms with E-state index in [4.69, 9.17) is 4.98 Å². The fourth-order valence-electron chi connectivity index (χ4n) is 3.57. The Bertz CT molecular complexity index is 944. The Morgan fingerprint density at radius 2 is 1.92 bits per heavy atom. The minimum absolute atomic E-state index is 0.0414. The number of aromatic nitrogens is 2. The molecule has 0 radical (unpaired) electrons. The van der Waals surface area contributed by atoms with Crippen LogP contribution in [0, 0.1) is 11.7 Å². The third-order valence-electron chi connectivity index (χ3n) is 5.00. The molecule has 5 nitrogen and oxygen atoms in total. The topological polar surface area (TPSA) is 50.2 Å². The summed E-state index contributed by atoms with van der Waals surface area (Å²) in [6.45, 7) is 1.55. The first kappa shape index (κ1) is 16.6. The van der Waals surface area contributed by atoms with E-state index in [1.807, 2.05) is 25.2 Å². The van der Waals surface area contributed by atoms with Crippen LogP contribution in [0.5, 0.6) is 0 Å². The molecule has 0 bridgehead atoms. The summed E-state index contributed by atoms with van der Waals surface area (Å²) in [4.78, 5) is 19.4. The number of benzene rings is 2. The van der Waals surface area contributed by atoms with Crippen LogP contribution in [-0.2, 0) is 11.8 Å². The number of rotatable bonds is 3. The number of halogens is 1. The SMILES string of the molecule is Cn1c(N2CCC(C(=O)Nc3cccc(F)c3)CC2)nc2ccccc21. The molecule has 26 heavy (non-hydrogen) atoms. The quantitative estimate of drug-likeness (QED) is 0.784. The van der Waals surface area contributed by atoms with Gasteiger partial charge in [0.15, 0.2) is 0 Å². The van der Waals surface area contributed by atoms with Crippen LogP contribution in [-0.4, -0.2) is 28.5 Å². The van der Waals surface area contributed by atoms with Crippen molar-refractivity contribution in [3.8, 4) is 0 Å². The van der Waals surface area contributed by atoms with Crippen LogP contribution in [0.1, 0.15) is 12.8 Å². The second-order valence-electron chi connectivity index (χ2n) is 6.72. The lowest BCUT2D eigenvalue weighted by Crippen LogP contribution is -2.39. The Kier molecular flexibility index (Phi) is 4.32. The number of anilines is 2. The number of carbonyl (C=O) groups excluding carboxylic acids is 1. The van der Waals surface area contributed by atoms with Gasteiger partial charge < -0.3 is 14.8 Å². The number of nitrogens with one attached hydrogen (secondary N) is 1. The lowest BCUT2D eigenvalue weighted by atomic mass is 9.96. The standard InChI is InChI=1S/C20H21FN4O/c1-24-18-8-3-2-7-17(18)23-20(24)25-11-9-14(10-12-25)19(26)22-16-6-4-5-15(21)13-16/h2-8,13-14H,9-12H2,1H3,(H,22,26). The minimum Gasteiger partial charge on any atom is -0.342 e. The van der Waals surface area contributed by atoms with E-state index in [2.05, 4.69) is 20.9 Å². The zero-order valence-electron chi connectivity index (χ0n) is 14.7. The van der Waals surface area contributed by atoms with Crippen molar-refractivity contribution in [2.75, 3.05) is 23.3 Å². The van der Waals surface area contributed by atoms with Gasteiger partial charge in [0.25, 0.3) is 0 Å². The van der Waals surface area contributed by atoms with Gasteiger partial charge in [-0.3, -0.25) is 4.79 Å². The summed E-state index contributed by atoms with van der Waals surface area (Å²) < 4.78 is 15.4. The van der Waals surface area contributed by atoms with Gasteiger partial charge in [0.05, 0.1) is 11.0 Å². The molecule has 1 fully saturated rings. The Labute approximate surface area is 151 Å². The number of hydrogen-bond acceptors (Lipinski definition) is 3. The predicted molar refractivity (Wildman–Crippen MR) is 101 cm³/mol. The van der Waals surface area contributed by atoms with Crippen LogP contribution >= 0.6 is 0 Å². The van der Waals surface area contributed by atoms with E-state index in [0.29, 0.717) is 5.69 Å². The van der Waals surface area contributed by atoms with Crippen LogP contribution in [0.25, 0.3) is 11.0 Å². The Morgan fingerprint density at radius 3 is 2.65 bits per heavy atom. The molecule has 1 aliphatic heterocycles. The molecule has 2 aromatic carbocycles. The van der Waals surface area contributed by atoms with E-state index in [1.165, 1.54) is 12.1 Å². The monoisotopic (exact) mass is 352 g/mol. The van der Waals surface area contributed by atoms with Gasteiger partial charge in [-0.2, -0.15) is 0 Å². The van der Waals surface area contributed by atoms with E-state index >= 15 is 0 Å². The second kappa shape index (κ2) is 6.78. The van der Waals surface area contributed by atoms with E-state index in [1.54, 1.807) is 12.1 Å². The minimum atomic E-state index is -0.348. The molecule has 0 aliphatic carbocycles. The van der Waals surface area contributed by atoms with E-state index in [0.717, 1.165) is 42.9 Å². The van der Waals surface area contributed by atoms with Gasteiger partial charge in [-0.25, -0.2) is 9.37 Å². The normalized spacial score (nSPS) is 15.4. The number of para-hydroxylation sites is 2. The number of aryl methyl sites for hydroxylation is 1. The number of amides is 1. The predicted octanol–water partition coefficient (Wildman–Crippen LogP) is 3.57. The van der Waals surface area contributed by atoms with E-state index < -0.39 is 0 Å². The molecule has 0 spiro atoms. The zero-order valence-corrected chi connectivity index (χ0v) is 14.7. The molecule has 1 saturated heterocycles. The number of hydrogen-bond donors (Lipinski definition) is 1. The smallest absolute Gasteiger partial charge is 0.227 e. The molecule has 0 unspecified atom stereocenters. The molecule has 1 N–H and O–H groups in total. The van der Waals surface area contributed by atoms with Crippen molar-refractivity contribution in [1.82, 2.24) is 9.55 Å². The third-order valence-corrected chi connectivity index (χ3v) is 5.00. The van der Waals surface area contributed by atoms with Crippen molar-refractivity contribution in [1.29, 1.82) is 0 Å². The lowest BCUT2D eigenvalue weighted by molar-refractivity contribution is -0.120. The van der Waals surface area contributed by atoms with Crippen molar-refractivity contribution in [2.45, 2.75) is 12.8 Å². The molecule has 0 saturated carbocycles. The molecule has 1 aliphatic rings. The number of nitrogens with zero attached hydrogens (tertiary/aromatic N) is 3. The van der Waals surface area contributed by atoms with Gasteiger partial charge in [-0.05, 0) is 43.2 Å². The van der Waals surface area contributed by atoms with Gasteiger partial charge in [0, 0.05) is 31.7 Å². The fraction of sp³-hybridized carbons (Fsp3) is 0.300. The van der Waals surface area contributed by atoms with E-state index in [-0.39, 0.29) is 17.6 Å². The summed E-state index contributed by atoms with van der Waals surface area (Å²) in [7, 11) is 2.02. The van der Waals surface area contributed by atoms with Gasteiger partial charge in [0.2, 0.25) is 11.9 Å². The van der Waals surface area contributed by atoms with Crippen molar-refractivity contribution < 1.29 is 9.18 Å². The molecule has 6 heteroatoms. The summed E-state index contributed by atoms with van der Waals surface area (Å²) >= 11 is 0. The summed E-state index contributed by atoms with van der Waals surface area (Å²) in [5.74, 6) is 0.485. The first-order chi connectivity index (χ1) is 12.6. The zero-order chi connectivity index (χ0) is 18.1. The molecule has 3 aromatic rings. The highest BCUT2D eigenvalue weighted by molar-refractivity contribution is 5.92. The van der Waals surface area contributed by atoms with Gasteiger partial charge in [-0.1, -0.05) is 18.2 Å². The first-order valence-electron chi connectivity index (χ1n) is 8.84. The number of imidazole rings is 1. The molecule has 4 rings (SSSR count). The van der Waals surface area contributed by atoms with Gasteiger partial charge >= 0.3 is 0 Å². The maximum Gasteiger partial charge on any atom is 0.227 e. The Balaban J connectivity index is 1.42. The lowest BCUT2D eigenvalue weighted by Gasteiger charge is -2.32. The highest BCUT2D eigenvalue weighted by Gasteiger charge is 2.27. The molecule has 2 heterocycles. The Hall–Kier alpha value is -2.89. The molecule has 1 amide bonds. The average Bonchev–Trinajstić information content (AvgIpc) is 2.99. The Morgan fingerprint density at radius 1 is 1.15 bits per heavy atom. The largest absolute Gasteiger partial charge is 0.342 e. The van der Waals surface area contributed by atoms with Crippen molar-refractivity contribution in [3.63, 3.8) is 0 Å². The number of carbonyl (C=O) groups is 1. The van der Waals surface area contributed by atoms with E-state index in [9.17, 15) is 9.18 Å². The summed E-state index contributed by atoms with van der Waals surface area (Å²) in [6.07, 6.45) is 1.51. The van der Waals surface area contributed by atoms with Crippen LogP contribution in [0.4, 0.5) is 16.0 Å². The summed E-state index contributed by atoms with van der Waals surface area (Å²) in [5.41, 5.74) is 2.59. The van der Waals surface area contributed by atoms with Crippen molar-refractivity contribution in [2.24, 2.45) is 13.0 Å². The summed E-state index contributed by atoms with van der Waals surface area (Å²) in [6, 6.07) is 14.1. The number of fused-ring (bicyclic) bond motifs is 1. The van der Waals surface area contributed by atoms with Gasteiger partial charge in [-0.15, -0.1) is 0 Å². The first-order valence-corrected chi connectivity index (χ1v) is 8.84. The molecule has 1 aromatic heterocycles. The second-order valence-corrected chi connectivity index (χ2v) is 6.72. The summed E-state index contributed by atoms with van der Waals surface area (Å²) in [5, 5.41) is 2.82. The highest BCUT2D eigenvalue weighted by Crippen LogP contribution is 2.26. The van der Waals surface area contributed by atoms with Crippen LogP contribution in [0.15, 0.2) is 48.5 Å². The van der Waals surface area contributed by atoms with Crippen molar-refractivity contribution in [3.05, 3.63) is 54.3 Å². The number of piperidine rings is 1. The molecule has 0 atom stereocenters. The van der Waals surface area contributed by atoms with Crippen molar-refractivity contribution >= 4 is 28.6 Å². The van der Waals surface area contributed by atoms with Crippen LogP contribution < -0.4 is 10.2 Å². The highest BCUT2D eigenvalue weighted by atomic mass is 19.1. The third kappa shape index (κ3) is 3.14. The van der Waals surface area contributed by atoms with Gasteiger partial charge in [0.1, 0.15) is 5.82 Å². The average molecular weight is 352 g/mol. The maximum atomic E-state index is 13.3. The molecule has 134 valence electrons. The van der Waals surface area contributed by atoms with Crippen LogP contribution in [0.3, 0.4) is 0 Å². The molecular formula is C20H21FN4O. The maximum absolute atomic E-state index is 13.3.